The fraction of sp³-hybridized carbons (Fsp3) is 0. The van der Waals surface area contributed by atoms with E-state index >= 15 is 0 Å². The molecule has 0 radical (unpaired) electrons. The minimum atomic E-state index is -0.879. The van der Waals surface area contributed by atoms with E-state index in [0.717, 1.165) is 0 Å². The summed E-state index contributed by atoms with van der Waals surface area (Å²) in [4.78, 5) is 23.7. The van der Waals surface area contributed by atoms with E-state index < -0.39 is 11.8 Å². The van der Waals surface area contributed by atoms with Crippen molar-refractivity contribution in [3.63, 3.8) is 0 Å². The maximum Gasteiger partial charge on any atom is 0.314 e. The van der Waals surface area contributed by atoms with Crippen LogP contribution in [0.3, 0.4) is 0 Å². The van der Waals surface area contributed by atoms with E-state index in [9.17, 15) is 9.59 Å². The van der Waals surface area contributed by atoms with Crippen molar-refractivity contribution in [1.82, 2.24) is 0 Å². The maximum absolute atomic E-state index is 11.8. The number of hydrogen-bond acceptors (Lipinski definition) is 2. The Balaban J connectivity index is 2.05. The summed E-state index contributed by atoms with van der Waals surface area (Å²) in [5.74, 6) is -1.75. The molecule has 2 amide bonds. The molecule has 0 heterocycles. The standard InChI is InChI=1S/C14H8Cl4N2O2/c15-7-1-4-12(11(18)5-7)20-14(22)13(21)19-8-2-3-9(16)10(17)6-8/h1-6H,(H,19,21)(H,20,22). The van der Waals surface area contributed by atoms with Crippen molar-refractivity contribution in [3.8, 4) is 0 Å². The van der Waals surface area contributed by atoms with Gasteiger partial charge in [0.25, 0.3) is 0 Å². The first kappa shape index (κ1) is 16.9. The molecule has 4 nitrogen and oxygen atoms in total. The SMILES string of the molecule is O=C(Nc1ccc(Cl)c(Cl)c1)C(=O)Nc1ccc(Cl)cc1Cl. The molecule has 0 aliphatic rings. The van der Waals surface area contributed by atoms with E-state index in [1.807, 2.05) is 0 Å². The van der Waals surface area contributed by atoms with E-state index in [2.05, 4.69) is 10.6 Å². The van der Waals surface area contributed by atoms with Crippen LogP contribution in [0.5, 0.6) is 0 Å². The van der Waals surface area contributed by atoms with Crippen LogP contribution in [-0.2, 0) is 9.59 Å². The molecule has 0 bridgehead atoms. The van der Waals surface area contributed by atoms with Crippen LogP contribution < -0.4 is 10.6 Å². The van der Waals surface area contributed by atoms with Crippen molar-refractivity contribution in [1.29, 1.82) is 0 Å². The second-order valence-electron chi connectivity index (χ2n) is 4.16. The van der Waals surface area contributed by atoms with E-state index in [4.69, 9.17) is 46.4 Å². The van der Waals surface area contributed by atoms with Gasteiger partial charge in [-0.15, -0.1) is 0 Å². The highest BCUT2D eigenvalue weighted by Crippen LogP contribution is 2.26. The normalized spacial score (nSPS) is 10.2. The van der Waals surface area contributed by atoms with Crippen LogP contribution in [0, 0.1) is 0 Å². The van der Waals surface area contributed by atoms with Crippen LogP contribution >= 0.6 is 46.4 Å². The summed E-state index contributed by atoms with van der Waals surface area (Å²) in [5.41, 5.74) is 0.622. The second kappa shape index (κ2) is 7.20. The first-order chi connectivity index (χ1) is 10.4. The molecule has 0 saturated heterocycles. The summed E-state index contributed by atoms with van der Waals surface area (Å²) in [6.07, 6.45) is 0. The number of hydrogen-bond donors (Lipinski definition) is 2. The van der Waals surface area contributed by atoms with Crippen molar-refractivity contribution >= 4 is 69.6 Å². The highest BCUT2D eigenvalue weighted by atomic mass is 35.5. The van der Waals surface area contributed by atoms with Gasteiger partial charge in [-0.05, 0) is 36.4 Å². The number of amides is 2. The number of anilines is 2. The molecule has 8 heteroatoms. The van der Waals surface area contributed by atoms with Gasteiger partial charge in [0.2, 0.25) is 0 Å². The Morgan fingerprint density at radius 1 is 0.727 bits per heavy atom. The lowest BCUT2D eigenvalue weighted by atomic mass is 10.3. The smallest absolute Gasteiger partial charge is 0.314 e. The van der Waals surface area contributed by atoms with Crippen LogP contribution in [0.25, 0.3) is 0 Å². The van der Waals surface area contributed by atoms with Gasteiger partial charge in [-0.25, -0.2) is 0 Å². The van der Waals surface area contributed by atoms with Gasteiger partial charge in [-0.3, -0.25) is 9.59 Å². The number of halogens is 4. The Morgan fingerprint density at radius 2 is 1.41 bits per heavy atom. The number of carbonyl (C=O) groups excluding carboxylic acids is 2. The Bertz CT molecular complexity index is 750. The summed E-state index contributed by atoms with van der Waals surface area (Å²) >= 11 is 23.3. The number of nitrogens with one attached hydrogen (secondary N) is 2. The highest BCUT2D eigenvalue weighted by Gasteiger charge is 2.16. The van der Waals surface area contributed by atoms with E-state index in [1.54, 1.807) is 6.07 Å². The third-order valence-corrected chi connectivity index (χ3v) is 3.85. The van der Waals surface area contributed by atoms with E-state index in [-0.39, 0.29) is 15.7 Å². The summed E-state index contributed by atoms with van der Waals surface area (Å²) < 4.78 is 0. The molecular weight excluding hydrogens is 370 g/mol. The molecule has 2 aromatic rings. The van der Waals surface area contributed by atoms with Crippen LogP contribution in [0.15, 0.2) is 36.4 Å². The van der Waals surface area contributed by atoms with Gasteiger partial charge >= 0.3 is 11.8 Å². The average molecular weight is 378 g/mol. The van der Waals surface area contributed by atoms with Gasteiger partial charge in [0.15, 0.2) is 0 Å². The Hall–Kier alpha value is -1.46. The van der Waals surface area contributed by atoms with Gasteiger partial charge in [0.05, 0.1) is 20.8 Å². The topological polar surface area (TPSA) is 58.2 Å². The van der Waals surface area contributed by atoms with Crippen molar-refractivity contribution in [2.24, 2.45) is 0 Å². The van der Waals surface area contributed by atoms with Crippen LogP contribution in [-0.4, -0.2) is 11.8 Å². The highest BCUT2D eigenvalue weighted by molar-refractivity contribution is 6.45. The molecule has 22 heavy (non-hydrogen) atoms. The molecule has 0 aromatic heterocycles. The summed E-state index contributed by atoms with van der Waals surface area (Å²) in [7, 11) is 0. The molecule has 2 aromatic carbocycles. The Morgan fingerprint density at radius 3 is 2.05 bits per heavy atom. The third-order valence-electron chi connectivity index (χ3n) is 2.56. The Kier molecular flexibility index (Phi) is 5.53. The quantitative estimate of drug-likeness (QED) is 0.733. The summed E-state index contributed by atoms with van der Waals surface area (Å²) in [6, 6.07) is 8.96. The molecule has 0 aliphatic carbocycles. The molecular formula is C14H8Cl4N2O2. The van der Waals surface area contributed by atoms with Gasteiger partial charge in [-0.2, -0.15) is 0 Å². The lowest BCUT2D eigenvalue weighted by molar-refractivity contribution is -0.132. The van der Waals surface area contributed by atoms with E-state index in [1.165, 1.54) is 30.3 Å². The lowest BCUT2D eigenvalue weighted by Crippen LogP contribution is -2.29. The molecule has 0 fully saturated rings. The second-order valence-corrected chi connectivity index (χ2v) is 5.82. The monoisotopic (exact) mass is 376 g/mol. The van der Waals surface area contributed by atoms with Crippen LogP contribution in [0.2, 0.25) is 20.1 Å². The maximum atomic E-state index is 11.8. The number of carbonyl (C=O) groups is 2. The lowest BCUT2D eigenvalue weighted by Gasteiger charge is -2.08. The van der Waals surface area contributed by atoms with Crippen molar-refractivity contribution < 1.29 is 9.59 Å². The zero-order valence-electron chi connectivity index (χ0n) is 10.8. The molecule has 114 valence electrons. The first-order valence-electron chi connectivity index (χ1n) is 5.89. The zero-order valence-corrected chi connectivity index (χ0v) is 13.8. The van der Waals surface area contributed by atoms with Gasteiger partial charge < -0.3 is 10.6 Å². The molecule has 0 spiro atoms. The van der Waals surface area contributed by atoms with Crippen LogP contribution in [0.4, 0.5) is 11.4 Å². The zero-order chi connectivity index (χ0) is 16.3. The average Bonchev–Trinajstić information content (AvgIpc) is 2.45. The minimum Gasteiger partial charge on any atom is -0.318 e. The van der Waals surface area contributed by atoms with E-state index in [0.29, 0.717) is 15.7 Å². The van der Waals surface area contributed by atoms with Crippen LogP contribution in [0.1, 0.15) is 0 Å². The fourth-order valence-electron chi connectivity index (χ4n) is 1.53. The third kappa shape index (κ3) is 4.27. The van der Waals surface area contributed by atoms with Gasteiger partial charge in [-0.1, -0.05) is 46.4 Å². The molecule has 2 rings (SSSR count). The first-order valence-corrected chi connectivity index (χ1v) is 7.40. The summed E-state index contributed by atoms with van der Waals surface area (Å²) in [5, 5.41) is 6.03. The largest absolute Gasteiger partial charge is 0.318 e. The Labute approximate surface area is 146 Å². The molecule has 0 saturated carbocycles. The molecule has 0 aliphatic heterocycles. The number of rotatable bonds is 2. The predicted molar refractivity (Wildman–Crippen MR) is 90.2 cm³/mol. The predicted octanol–water partition coefficient (Wildman–Crippen LogP) is 4.88. The van der Waals surface area contributed by atoms with Crippen molar-refractivity contribution in [3.05, 3.63) is 56.5 Å². The van der Waals surface area contributed by atoms with Gasteiger partial charge in [0.1, 0.15) is 0 Å². The molecule has 0 unspecified atom stereocenters. The molecule has 2 N–H and O–H groups in total. The van der Waals surface area contributed by atoms with Gasteiger partial charge in [0, 0.05) is 10.7 Å². The van der Waals surface area contributed by atoms with Crippen molar-refractivity contribution in [2.45, 2.75) is 0 Å². The number of benzene rings is 2. The summed E-state index contributed by atoms with van der Waals surface area (Å²) in [6.45, 7) is 0. The fourth-order valence-corrected chi connectivity index (χ4v) is 2.29. The minimum absolute atomic E-state index is 0.225. The molecule has 0 atom stereocenters. The van der Waals surface area contributed by atoms with Crippen molar-refractivity contribution in [2.75, 3.05) is 10.6 Å².